The van der Waals surface area contributed by atoms with Gasteiger partial charge in [-0.2, -0.15) is 0 Å². The van der Waals surface area contributed by atoms with Gasteiger partial charge in [0.2, 0.25) is 5.78 Å². The van der Waals surface area contributed by atoms with Crippen molar-refractivity contribution in [3.63, 3.8) is 0 Å². The molecule has 1 aliphatic heterocycles. The van der Waals surface area contributed by atoms with Crippen molar-refractivity contribution in [3.05, 3.63) is 52.6 Å². The predicted octanol–water partition coefficient (Wildman–Crippen LogP) is 4.42. The average molecular weight is 565 g/mol. The summed E-state index contributed by atoms with van der Waals surface area (Å²) >= 11 is 0. The van der Waals surface area contributed by atoms with Gasteiger partial charge in [0.15, 0.2) is 30.1 Å². The van der Waals surface area contributed by atoms with Crippen LogP contribution in [-0.4, -0.2) is 63.9 Å². The van der Waals surface area contributed by atoms with E-state index in [2.05, 4.69) is 6.92 Å². The van der Waals surface area contributed by atoms with Crippen molar-refractivity contribution in [2.75, 3.05) is 48.3 Å². The highest BCUT2D eigenvalue weighted by Crippen LogP contribution is 2.41. The number of methoxy groups -OCH3 is 3. The Morgan fingerprint density at radius 3 is 2.10 bits per heavy atom. The molecular weight excluding hydrogens is 524 g/mol. The molecule has 1 saturated heterocycles. The largest absolute Gasteiger partial charge is 0.467 e. The smallest absolute Gasteiger partial charge is 0.204 e. The Balaban J connectivity index is 2.22. The number of carbonyl (C=O) groups excluding carboxylic acids is 1. The number of ketones is 1. The van der Waals surface area contributed by atoms with Crippen molar-refractivity contribution in [2.24, 2.45) is 0 Å². The standard InChI is InChI=1S/C28H40O10Si/c1-7-39-38-28(2,3)19-14-23(34-17-31-5)26(24(15-19)35-18-32-6)27(29)25-20(21-12-9-13-36-37-21)10-8-11-22(25)33-16-30-4/h8,10-11,14-15,21H,7,9,12-13,16-18,39H2,1-6H3. The van der Waals surface area contributed by atoms with Gasteiger partial charge >= 0.3 is 0 Å². The van der Waals surface area contributed by atoms with Crippen LogP contribution in [0.4, 0.5) is 0 Å². The lowest BCUT2D eigenvalue weighted by Crippen LogP contribution is -2.25. The molecular formula is C28H40O10Si. The molecule has 0 spiro atoms. The zero-order valence-corrected chi connectivity index (χ0v) is 25.1. The minimum atomic E-state index is -0.733. The third-order valence-electron chi connectivity index (χ3n) is 6.16. The number of benzene rings is 2. The molecule has 10 nitrogen and oxygen atoms in total. The van der Waals surface area contributed by atoms with E-state index >= 15 is 0 Å². The van der Waals surface area contributed by atoms with Crippen molar-refractivity contribution >= 4 is 15.5 Å². The Hall–Kier alpha value is -2.51. The van der Waals surface area contributed by atoms with Gasteiger partial charge in [-0.05, 0) is 62.1 Å². The summed E-state index contributed by atoms with van der Waals surface area (Å²) in [4.78, 5) is 25.4. The topological polar surface area (TPSA) is 100 Å². The fourth-order valence-corrected chi connectivity index (χ4v) is 5.10. The van der Waals surface area contributed by atoms with E-state index in [1.165, 1.54) is 21.3 Å². The van der Waals surface area contributed by atoms with Crippen molar-refractivity contribution in [1.82, 2.24) is 0 Å². The first kappa shape index (κ1) is 31.0. The van der Waals surface area contributed by atoms with Gasteiger partial charge in [0.1, 0.15) is 28.9 Å². The summed E-state index contributed by atoms with van der Waals surface area (Å²) in [7, 11) is 3.81. The van der Waals surface area contributed by atoms with Gasteiger partial charge in [-0.25, -0.2) is 9.78 Å². The molecule has 11 heteroatoms. The van der Waals surface area contributed by atoms with Crippen molar-refractivity contribution < 1.29 is 47.4 Å². The number of hydrogen-bond acceptors (Lipinski definition) is 10. The number of carbonyl (C=O) groups is 1. The van der Waals surface area contributed by atoms with Crippen LogP contribution >= 0.6 is 0 Å². The summed E-state index contributed by atoms with van der Waals surface area (Å²) in [5.41, 5.74) is 1.30. The third-order valence-corrected chi connectivity index (χ3v) is 7.50. The highest BCUT2D eigenvalue weighted by atomic mass is 28.2. The Bertz CT molecular complexity index is 1040. The van der Waals surface area contributed by atoms with Crippen LogP contribution in [-0.2, 0) is 34.0 Å². The molecule has 1 fully saturated rings. The number of hydrogen-bond donors (Lipinski definition) is 0. The van der Waals surface area contributed by atoms with E-state index < -0.39 is 21.5 Å². The van der Waals surface area contributed by atoms with Gasteiger partial charge in [-0.15, -0.1) is 0 Å². The molecule has 2 aromatic carbocycles. The molecule has 0 N–H and O–H groups in total. The van der Waals surface area contributed by atoms with Crippen LogP contribution in [0, 0.1) is 0 Å². The van der Waals surface area contributed by atoms with E-state index in [0.29, 0.717) is 29.9 Å². The molecule has 1 aliphatic rings. The molecule has 39 heavy (non-hydrogen) atoms. The Kier molecular flexibility index (Phi) is 12.2. The zero-order chi connectivity index (χ0) is 28.3. The van der Waals surface area contributed by atoms with Gasteiger partial charge < -0.3 is 32.8 Å². The molecule has 0 radical (unpaired) electrons. The second kappa shape index (κ2) is 15.3. The summed E-state index contributed by atoms with van der Waals surface area (Å²) in [5.74, 6) is 0.532. The molecule has 0 aliphatic carbocycles. The Labute approximate surface area is 232 Å². The summed E-state index contributed by atoms with van der Waals surface area (Å²) < 4.78 is 39.5. The van der Waals surface area contributed by atoms with E-state index in [4.69, 9.17) is 42.6 Å². The molecule has 1 unspecified atom stereocenters. The highest BCUT2D eigenvalue weighted by molar-refractivity contribution is 6.27. The first-order chi connectivity index (χ1) is 18.9. The molecule has 1 heterocycles. The summed E-state index contributed by atoms with van der Waals surface area (Å²) in [6.07, 6.45) is 1.01. The van der Waals surface area contributed by atoms with Crippen molar-refractivity contribution in [1.29, 1.82) is 0 Å². The van der Waals surface area contributed by atoms with Gasteiger partial charge in [-0.1, -0.05) is 19.1 Å². The van der Waals surface area contributed by atoms with Gasteiger partial charge in [0.25, 0.3) is 0 Å². The van der Waals surface area contributed by atoms with E-state index in [0.717, 1.165) is 18.0 Å². The number of ether oxygens (including phenoxy) is 6. The van der Waals surface area contributed by atoms with Crippen LogP contribution in [0.3, 0.4) is 0 Å². The predicted molar refractivity (Wildman–Crippen MR) is 146 cm³/mol. The molecule has 3 rings (SSSR count). The van der Waals surface area contributed by atoms with E-state index in [-0.39, 0.29) is 43.2 Å². The fourth-order valence-electron chi connectivity index (χ4n) is 4.21. The van der Waals surface area contributed by atoms with Crippen molar-refractivity contribution in [3.8, 4) is 17.2 Å². The monoisotopic (exact) mass is 564 g/mol. The minimum Gasteiger partial charge on any atom is -0.467 e. The maximum absolute atomic E-state index is 14.5. The van der Waals surface area contributed by atoms with Gasteiger partial charge in [-0.3, -0.25) is 4.79 Å². The molecule has 0 saturated carbocycles. The molecule has 216 valence electrons. The van der Waals surface area contributed by atoms with Crippen LogP contribution in [0.1, 0.15) is 66.8 Å². The van der Waals surface area contributed by atoms with Gasteiger partial charge in [0.05, 0.1) is 17.8 Å². The molecule has 0 amide bonds. The lowest BCUT2D eigenvalue weighted by Gasteiger charge is -2.29. The van der Waals surface area contributed by atoms with Crippen LogP contribution < -0.4 is 14.2 Å². The van der Waals surface area contributed by atoms with E-state index in [1.54, 1.807) is 24.3 Å². The molecule has 0 bridgehead atoms. The SMILES string of the molecule is CC[SiH2]OC(C)(C)c1cc(OCOC)c(C(=O)c2c(OCOC)cccc2C2CCCOO2)c(OCOC)c1. The zero-order valence-electron chi connectivity index (χ0n) is 23.7. The number of rotatable bonds is 16. The van der Waals surface area contributed by atoms with Crippen LogP contribution in [0.25, 0.3) is 0 Å². The summed E-state index contributed by atoms with van der Waals surface area (Å²) in [6, 6.07) is 9.95. The molecule has 0 aromatic heterocycles. The van der Waals surface area contributed by atoms with Crippen LogP contribution in [0.2, 0.25) is 6.04 Å². The Morgan fingerprint density at radius 1 is 0.949 bits per heavy atom. The second-order valence-electron chi connectivity index (χ2n) is 9.46. The highest BCUT2D eigenvalue weighted by Gasteiger charge is 2.33. The summed E-state index contributed by atoms with van der Waals surface area (Å²) in [5, 5.41) is 0. The maximum atomic E-state index is 14.5. The molecule has 1 atom stereocenters. The van der Waals surface area contributed by atoms with Crippen LogP contribution in [0.15, 0.2) is 30.3 Å². The van der Waals surface area contributed by atoms with Crippen LogP contribution in [0.5, 0.6) is 17.2 Å². The third kappa shape index (κ3) is 8.01. The fraction of sp³-hybridized carbons (Fsp3) is 0.536. The lowest BCUT2D eigenvalue weighted by molar-refractivity contribution is -0.348. The first-order valence-electron chi connectivity index (χ1n) is 13.0. The maximum Gasteiger partial charge on any atom is 0.204 e. The van der Waals surface area contributed by atoms with Gasteiger partial charge in [0, 0.05) is 21.3 Å². The quantitative estimate of drug-likeness (QED) is 0.126. The van der Waals surface area contributed by atoms with Crippen molar-refractivity contribution in [2.45, 2.75) is 51.4 Å². The lowest BCUT2D eigenvalue weighted by atomic mass is 9.89. The summed E-state index contributed by atoms with van der Waals surface area (Å²) in [6.45, 7) is 6.37. The van der Waals surface area contributed by atoms with E-state index in [1.807, 2.05) is 19.9 Å². The average Bonchev–Trinajstić information content (AvgIpc) is 2.96. The first-order valence-corrected chi connectivity index (χ1v) is 14.6. The normalized spacial score (nSPS) is 16.0. The minimum absolute atomic E-state index is 0.0440. The Morgan fingerprint density at radius 2 is 1.56 bits per heavy atom. The van der Waals surface area contributed by atoms with E-state index in [9.17, 15) is 4.79 Å². The molecule has 2 aromatic rings. The second-order valence-corrected chi connectivity index (χ2v) is 11.2.